The Bertz CT molecular complexity index is 901. The second kappa shape index (κ2) is 7.47. The van der Waals surface area contributed by atoms with Crippen molar-refractivity contribution in [3.05, 3.63) is 48.0 Å². The van der Waals surface area contributed by atoms with Crippen LogP contribution in [-0.2, 0) is 9.36 Å². The first-order chi connectivity index (χ1) is 11.7. The molecule has 2 aromatic carbocycles. The number of benzene rings is 2. The summed E-state index contributed by atoms with van der Waals surface area (Å²) in [4.78, 5) is 13.2. The van der Waals surface area contributed by atoms with E-state index in [1.54, 1.807) is 37.6 Å². The van der Waals surface area contributed by atoms with Crippen LogP contribution < -0.4 is 15.9 Å². The van der Waals surface area contributed by atoms with Crippen molar-refractivity contribution in [3.63, 3.8) is 0 Å². The maximum absolute atomic E-state index is 14.8. The molecule has 140 valence electrons. The molecular formula is C18H20ClF2N2O2P. The molecule has 0 spiro atoms. The molecule has 1 aliphatic heterocycles. The molecule has 2 aromatic rings. The lowest BCUT2D eigenvalue weighted by Crippen LogP contribution is -2.34. The third-order valence-electron chi connectivity index (χ3n) is 4.37. The van der Waals surface area contributed by atoms with Crippen LogP contribution in [0, 0.1) is 11.6 Å². The lowest BCUT2D eigenvalue weighted by atomic mass is 10.0. The molecule has 2 N–H and O–H groups in total. The summed E-state index contributed by atoms with van der Waals surface area (Å²) in [5.41, 5.74) is 5.94. The van der Waals surface area contributed by atoms with Crippen molar-refractivity contribution in [2.75, 3.05) is 24.8 Å². The summed E-state index contributed by atoms with van der Waals surface area (Å²) in [6, 6.07) is 8.77. The van der Waals surface area contributed by atoms with Gasteiger partial charge in [0.25, 0.3) is 0 Å². The summed E-state index contributed by atoms with van der Waals surface area (Å²) in [6.07, 6.45) is 0.402. The van der Waals surface area contributed by atoms with Gasteiger partial charge in [0, 0.05) is 17.4 Å². The van der Waals surface area contributed by atoms with Gasteiger partial charge in [0.2, 0.25) is 5.91 Å². The number of nitrogens with zero attached hydrogens (tertiary/aromatic N) is 1. The van der Waals surface area contributed by atoms with Gasteiger partial charge >= 0.3 is 0 Å². The number of rotatable bonds is 3. The molecule has 0 unspecified atom stereocenters. The fourth-order valence-electron chi connectivity index (χ4n) is 3.07. The van der Waals surface area contributed by atoms with E-state index in [0.717, 1.165) is 0 Å². The van der Waals surface area contributed by atoms with Crippen LogP contribution in [0.2, 0.25) is 0 Å². The number of hydrogen-bond donors (Lipinski definition) is 1. The van der Waals surface area contributed by atoms with Crippen molar-refractivity contribution < 1.29 is 18.1 Å². The molecule has 0 bridgehead atoms. The minimum atomic E-state index is -2.68. The minimum absolute atomic E-state index is 0. The monoisotopic (exact) mass is 400 g/mol. The van der Waals surface area contributed by atoms with Crippen molar-refractivity contribution in [3.8, 4) is 11.1 Å². The largest absolute Gasteiger partial charge is 0.320 e. The summed E-state index contributed by atoms with van der Waals surface area (Å²) in [5, 5.41) is 0.486. The normalized spacial score (nSPS) is 17.3. The number of carbonyl (C=O) groups is 1. The van der Waals surface area contributed by atoms with Crippen LogP contribution >= 0.6 is 19.5 Å². The van der Waals surface area contributed by atoms with Crippen molar-refractivity contribution in [2.45, 2.75) is 12.5 Å². The van der Waals surface area contributed by atoms with E-state index in [-0.39, 0.29) is 30.2 Å². The quantitative estimate of drug-likeness (QED) is 0.803. The van der Waals surface area contributed by atoms with Gasteiger partial charge in [-0.25, -0.2) is 8.78 Å². The Labute approximate surface area is 157 Å². The van der Waals surface area contributed by atoms with E-state index < -0.39 is 30.7 Å². The summed E-state index contributed by atoms with van der Waals surface area (Å²) < 4.78 is 41.9. The van der Waals surface area contributed by atoms with E-state index in [0.29, 0.717) is 17.3 Å². The van der Waals surface area contributed by atoms with Gasteiger partial charge in [-0.15, -0.1) is 12.4 Å². The second-order valence-corrected chi connectivity index (χ2v) is 9.70. The zero-order chi connectivity index (χ0) is 18.4. The molecule has 1 atom stereocenters. The lowest BCUT2D eigenvalue weighted by Gasteiger charge is -2.19. The third kappa shape index (κ3) is 3.54. The molecule has 0 aromatic heterocycles. The molecule has 4 nitrogen and oxygen atoms in total. The Morgan fingerprint density at radius 3 is 2.31 bits per heavy atom. The van der Waals surface area contributed by atoms with Gasteiger partial charge in [0.15, 0.2) is 11.6 Å². The van der Waals surface area contributed by atoms with Crippen LogP contribution in [0.1, 0.15) is 6.42 Å². The van der Waals surface area contributed by atoms with Crippen LogP contribution in [-0.4, -0.2) is 31.8 Å². The number of nitrogens with two attached hydrogens (primary N) is 1. The first-order valence-electron chi connectivity index (χ1n) is 7.91. The molecule has 0 aliphatic carbocycles. The first kappa shape index (κ1) is 20.6. The van der Waals surface area contributed by atoms with Crippen LogP contribution in [0.25, 0.3) is 11.1 Å². The van der Waals surface area contributed by atoms with Gasteiger partial charge in [0.1, 0.15) is 7.14 Å². The Kier molecular flexibility index (Phi) is 5.91. The van der Waals surface area contributed by atoms with E-state index in [4.69, 9.17) is 5.73 Å². The molecule has 1 amide bonds. The summed E-state index contributed by atoms with van der Waals surface area (Å²) in [5.74, 6) is -2.58. The summed E-state index contributed by atoms with van der Waals surface area (Å²) in [6.45, 7) is 3.42. The van der Waals surface area contributed by atoms with Gasteiger partial charge in [0.05, 0.1) is 11.7 Å². The number of halogens is 3. The highest BCUT2D eigenvalue weighted by Gasteiger charge is 2.32. The number of amides is 1. The Morgan fingerprint density at radius 2 is 1.73 bits per heavy atom. The van der Waals surface area contributed by atoms with Gasteiger partial charge < -0.3 is 15.2 Å². The van der Waals surface area contributed by atoms with E-state index in [9.17, 15) is 18.1 Å². The zero-order valence-corrected chi connectivity index (χ0v) is 16.1. The average molecular weight is 401 g/mol. The molecule has 1 saturated heterocycles. The summed E-state index contributed by atoms with van der Waals surface area (Å²) >= 11 is 0. The van der Waals surface area contributed by atoms with E-state index in [2.05, 4.69) is 0 Å². The number of carbonyl (C=O) groups excluding carboxylic acids is 1. The maximum Gasteiger partial charge on any atom is 0.244 e. The molecule has 0 saturated carbocycles. The van der Waals surface area contributed by atoms with Gasteiger partial charge in [-0.05, 0) is 37.4 Å². The summed E-state index contributed by atoms with van der Waals surface area (Å²) in [7, 11) is -2.68. The van der Waals surface area contributed by atoms with Crippen molar-refractivity contribution >= 4 is 36.4 Å². The molecule has 1 aliphatic rings. The number of anilines is 1. The molecule has 26 heavy (non-hydrogen) atoms. The first-order valence-corrected chi connectivity index (χ1v) is 10.5. The molecule has 1 heterocycles. The van der Waals surface area contributed by atoms with Crippen LogP contribution in [0.5, 0.6) is 0 Å². The standard InChI is InChI=1S/C18H19F2N2O2P.ClH/c1-25(2,24)15-6-4-3-5-11(15)12-7-8-14(17(20)16(12)19)22-10-9-13(21)18(22)23;/h3-8,13H,9-10,21H2,1-2H3;1H/t13-;/m1./s1. The molecule has 8 heteroatoms. The van der Waals surface area contributed by atoms with E-state index in [1.807, 2.05) is 0 Å². The van der Waals surface area contributed by atoms with E-state index >= 15 is 0 Å². The highest BCUT2D eigenvalue weighted by Crippen LogP contribution is 2.40. The molecule has 1 fully saturated rings. The van der Waals surface area contributed by atoms with Crippen molar-refractivity contribution in [1.29, 1.82) is 0 Å². The van der Waals surface area contributed by atoms with Crippen molar-refractivity contribution in [1.82, 2.24) is 0 Å². The maximum atomic E-state index is 14.8. The predicted octanol–water partition coefficient (Wildman–Crippen LogP) is 3.37. The smallest absolute Gasteiger partial charge is 0.244 e. The Morgan fingerprint density at radius 1 is 1.08 bits per heavy atom. The highest BCUT2D eigenvalue weighted by molar-refractivity contribution is 7.70. The molecule has 3 rings (SSSR count). The fraction of sp³-hybridized carbons (Fsp3) is 0.278. The fourth-order valence-corrected chi connectivity index (χ4v) is 4.29. The van der Waals surface area contributed by atoms with Crippen LogP contribution in [0.15, 0.2) is 36.4 Å². The Balaban J connectivity index is 0.00000243. The second-order valence-electron chi connectivity index (χ2n) is 6.51. The van der Waals surface area contributed by atoms with Crippen molar-refractivity contribution in [2.24, 2.45) is 5.73 Å². The highest BCUT2D eigenvalue weighted by atomic mass is 35.5. The lowest BCUT2D eigenvalue weighted by molar-refractivity contribution is -0.118. The Hall–Kier alpha value is -1.75. The van der Waals surface area contributed by atoms with E-state index in [1.165, 1.54) is 17.0 Å². The molecular weight excluding hydrogens is 381 g/mol. The van der Waals surface area contributed by atoms with Crippen LogP contribution in [0.3, 0.4) is 0 Å². The predicted molar refractivity (Wildman–Crippen MR) is 103 cm³/mol. The van der Waals surface area contributed by atoms with Gasteiger partial charge in [-0.2, -0.15) is 0 Å². The van der Waals surface area contributed by atoms with Crippen LogP contribution in [0.4, 0.5) is 14.5 Å². The molecule has 0 radical (unpaired) electrons. The number of hydrogen-bond acceptors (Lipinski definition) is 3. The topological polar surface area (TPSA) is 63.4 Å². The average Bonchev–Trinajstić information content (AvgIpc) is 2.89. The van der Waals surface area contributed by atoms with Gasteiger partial charge in [-0.1, -0.05) is 24.3 Å². The SMILES string of the molecule is CP(C)(=O)c1ccccc1-c1ccc(N2CC[C@@H](N)C2=O)c(F)c1F.Cl. The van der Waals surface area contributed by atoms with Gasteiger partial charge in [-0.3, -0.25) is 4.79 Å². The third-order valence-corrected chi connectivity index (χ3v) is 5.92. The minimum Gasteiger partial charge on any atom is -0.320 e. The zero-order valence-electron chi connectivity index (χ0n) is 14.4.